The molecule has 0 radical (unpaired) electrons. The van der Waals surface area contributed by atoms with Crippen LogP contribution in [0.1, 0.15) is 42.6 Å². The molecular formula is C25H27N3O4. The summed E-state index contributed by atoms with van der Waals surface area (Å²) in [7, 11) is 0. The summed E-state index contributed by atoms with van der Waals surface area (Å²) < 4.78 is 16.7. The van der Waals surface area contributed by atoms with Gasteiger partial charge in [-0.1, -0.05) is 35.5 Å². The lowest BCUT2D eigenvalue weighted by atomic mass is 10.1. The number of hydrogen-bond donors (Lipinski definition) is 0. The van der Waals surface area contributed by atoms with Gasteiger partial charge >= 0.3 is 0 Å². The lowest BCUT2D eigenvalue weighted by Crippen LogP contribution is -2.33. The number of amides is 1. The van der Waals surface area contributed by atoms with Crippen molar-refractivity contribution in [2.24, 2.45) is 0 Å². The average Bonchev–Trinajstić information content (AvgIpc) is 3.42. The molecule has 1 aromatic heterocycles. The highest BCUT2D eigenvalue weighted by Gasteiger charge is 2.36. The van der Waals surface area contributed by atoms with E-state index in [-0.39, 0.29) is 18.7 Å². The zero-order valence-electron chi connectivity index (χ0n) is 18.4. The van der Waals surface area contributed by atoms with E-state index < -0.39 is 0 Å². The molecule has 166 valence electrons. The molecule has 1 fully saturated rings. The lowest BCUT2D eigenvalue weighted by Gasteiger charge is -2.25. The summed E-state index contributed by atoms with van der Waals surface area (Å²) in [5.41, 5.74) is 3.32. The van der Waals surface area contributed by atoms with E-state index in [0.29, 0.717) is 23.6 Å². The fourth-order valence-electron chi connectivity index (χ4n) is 4.14. The molecule has 0 bridgehead atoms. The minimum absolute atomic E-state index is 0.0171. The lowest BCUT2D eigenvalue weighted by molar-refractivity contribution is 0.0730. The van der Waals surface area contributed by atoms with Crippen LogP contribution in [-0.4, -0.2) is 41.9 Å². The minimum Gasteiger partial charge on any atom is -0.454 e. The number of fused-ring (bicyclic) bond motifs is 1. The van der Waals surface area contributed by atoms with Gasteiger partial charge in [-0.2, -0.15) is 0 Å². The summed E-state index contributed by atoms with van der Waals surface area (Å²) in [5.74, 6) is 2.01. The third-order valence-corrected chi connectivity index (χ3v) is 6.06. The number of benzene rings is 2. The molecule has 1 aliphatic carbocycles. The van der Waals surface area contributed by atoms with Crippen molar-refractivity contribution < 1.29 is 18.8 Å². The molecule has 2 aromatic carbocycles. The Morgan fingerprint density at radius 1 is 1.03 bits per heavy atom. The van der Waals surface area contributed by atoms with Crippen molar-refractivity contribution in [1.29, 1.82) is 0 Å². The van der Waals surface area contributed by atoms with E-state index in [9.17, 15) is 4.79 Å². The van der Waals surface area contributed by atoms with Crippen LogP contribution in [0.4, 0.5) is 5.88 Å². The van der Waals surface area contributed by atoms with E-state index in [0.717, 1.165) is 48.6 Å². The van der Waals surface area contributed by atoms with Crippen molar-refractivity contribution in [3.8, 4) is 22.8 Å². The van der Waals surface area contributed by atoms with Crippen LogP contribution in [0, 0.1) is 0 Å². The van der Waals surface area contributed by atoms with Gasteiger partial charge < -0.3 is 23.8 Å². The van der Waals surface area contributed by atoms with Gasteiger partial charge in [0.05, 0.1) is 12.1 Å². The van der Waals surface area contributed by atoms with Crippen LogP contribution in [0.5, 0.6) is 11.5 Å². The van der Waals surface area contributed by atoms with Crippen molar-refractivity contribution >= 4 is 11.8 Å². The zero-order chi connectivity index (χ0) is 22.1. The second-order valence-corrected chi connectivity index (χ2v) is 8.09. The Bertz CT molecular complexity index is 1100. The second kappa shape index (κ2) is 8.57. The van der Waals surface area contributed by atoms with E-state index >= 15 is 0 Å². The van der Waals surface area contributed by atoms with Gasteiger partial charge in [0, 0.05) is 30.3 Å². The third kappa shape index (κ3) is 3.79. The number of anilines is 1. The molecule has 0 unspecified atom stereocenters. The second-order valence-electron chi connectivity index (χ2n) is 8.09. The summed E-state index contributed by atoms with van der Waals surface area (Å²) in [6.07, 6.45) is 2.01. The van der Waals surface area contributed by atoms with Crippen molar-refractivity contribution in [2.75, 3.05) is 24.8 Å². The normalized spacial score (nSPS) is 14.4. The predicted octanol–water partition coefficient (Wildman–Crippen LogP) is 4.72. The Morgan fingerprint density at radius 2 is 1.78 bits per heavy atom. The van der Waals surface area contributed by atoms with Gasteiger partial charge in [0.25, 0.3) is 5.91 Å². The molecule has 0 N–H and O–H groups in total. The molecule has 32 heavy (non-hydrogen) atoms. The van der Waals surface area contributed by atoms with Crippen LogP contribution < -0.4 is 14.4 Å². The highest BCUT2D eigenvalue weighted by atomic mass is 16.7. The summed E-state index contributed by atoms with van der Waals surface area (Å²) in [4.78, 5) is 17.7. The highest BCUT2D eigenvalue weighted by molar-refractivity contribution is 5.95. The minimum atomic E-state index is -0.0171. The first-order chi connectivity index (χ1) is 15.7. The molecule has 1 aliphatic heterocycles. The number of ether oxygens (including phenoxy) is 2. The summed E-state index contributed by atoms with van der Waals surface area (Å²) in [5, 5.41) is 4.42. The summed E-state index contributed by atoms with van der Waals surface area (Å²) >= 11 is 0. The highest BCUT2D eigenvalue weighted by Crippen LogP contribution is 2.38. The monoisotopic (exact) mass is 433 g/mol. The van der Waals surface area contributed by atoms with Crippen molar-refractivity contribution in [3.63, 3.8) is 0 Å². The Hall–Kier alpha value is -3.48. The van der Waals surface area contributed by atoms with Gasteiger partial charge in [0.2, 0.25) is 12.7 Å². The first-order valence-electron chi connectivity index (χ1n) is 11.2. The first-order valence-corrected chi connectivity index (χ1v) is 11.2. The van der Waals surface area contributed by atoms with E-state index in [4.69, 9.17) is 14.0 Å². The number of aromatic nitrogens is 1. The van der Waals surface area contributed by atoms with Gasteiger partial charge in [-0.15, -0.1) is 0 Å². The van der Waals surface area contributed by atoms with Crippen molar-refractivity contribution in [2.45, 2.75) is 39.3 Å². The molecule has 2 heterocycles. The maximum atomic E-state index is 13.6. The van der Waals surface area contributed by atoms with Gasteiger partial charge in [-0.05, 0) is 44.9 Å². The molecule has 0 spiro atoms. The maximum absolute atomic E-state index is 13.6. The molecule has 3 aromatic rings. The van der Waals surface area contributed by atoms with Crippen LogP contribution in [0.3, 0.4) is 0 Å². The molecule has 1 amide bonds. The molecule has 0 atom stereocenters. The molecule has 5 rings (SSSR count). The topological polar surface area (TPSA) is 68.0 Å². The molecule has 7 heteroatoms. The number of carbonyl (C=O) groups excluding carboxylic acids is 1. The molecule has 1 saturated carbocycles. The fourth-order valence-corrected chi connectivity index (χ4v) is 4.14. The zero-order valence-corrected chi connectivity index (χ0v) is 18.4. The quantitative estimate of drug-likeness (QED) is 0.512. The predicted molar refractivity (Wildman–Crippen MR) is 121 cm³/mol. The molecule has 7 nitrogen and oxygen atoms in total. The Labute approximate surface area is 187 Å². The summed E-state index contributed by atoms with van der Waals surface area (Å²) in [6, 6.07) is 15.6. The van der Waals surface area contributed by atoms with E-state index in [1.165, 1.54) is 0 Å². The first kappa shape index (κ1) is 20.4. The van der Waals surface area contributed by atoms with Crippen molar-refractivity contribution in [3.05, 3.63) is 59.7 Å². The van der Waals surface area contributed by atoms with Crippen LogP contribution >= 0.6 is 0 Å². The molecule has 0 saturated heterocycles. The molecule has 2 aliphatic rings. The smallest absolute Gasteiger partial charge is 0.254 e. The van der Waals surface area contributed by atoms with Crippen LogP contribution in [-0.2, 0) is 6.54 Å². The van der Waals surface area contributed by atoms with E-state index in [1.807, 2.05) is 41.3 Å². The third-order valence-electron chi connectivity index (χ3n) is 6.06. The average molecular weight is 434 g/mol. The van der Waals surface area contributed by atoms with Crippen LogP contribution in [0.25, 0.3) is 11.3 Å². The number of carbonyl (C=O) groups is 1. The van der Waals surface area contributed by atoms with Gasteiger partial charge in [0.1, 0.15) is 5.69 Å². The Morgan fingerprint density at radius 3 is 2.50 bits per heavy atom. The van der Waals surface area contributed by atoms with Crippen molar-refractivity contribution in [1.82, 2.24) is 10.1 Å². The number of rotatable bonds is 8. The number of hydrogen-bond acceptors (Lipinski definition) is 6. The Balaban J connectivity index is 1.51. The van der Waals surface area contributed by atoms with Gasteiger partial charge in [-0.25, -0.2) is 0 Å². The largest absolute Gasteiger partial charge is 0.454 e. The van der Waals surface area contributed by atoms with E-state index in [2.05, 4.69) is 23.9 Å². The van der Waals surface area contributed by atoms with Gasteiger partial charge in [0.15, 0.2) is 11.5 Å². The Kier molecular flexibility index (Phi) is 5.47. The van der Waals surface area contributed by atoms with Gasteiger partial charge in [-0.3, -0.25) is 4.79 Å². The van der Waals surface area contributed by atoms with E-state index in [1.54, 1.807) is 12.1 Å². The number of nitrogens with zero attached hydrogens (tertiary/aromatic N) is 3. The molecular weight excluding hydrogens is 406 g/mol. The van der Waals surface area contributed by atoms with Crippen LogP contribution in [0.15, 0.2) is 53.1 Å². The fraction of sp³-hybridized carbons (Fsp3) is 0.360. The standard InChI is InChI=1S/C25H27N3O4/c1-3-27(4-2)25-20(23(26-32-25)17-8-6-5-7-9-17)15-28(19-11-12-19)24(29)18-10-13-21-22(14-18)31-16-30-21/h5-10,13-14,19H,3-4,11-12,15-16H2,1-2H3. The SMILES string of the molecule is CCN(CC)c1onc(-c2ccccc2)c1CN(C(=O)c1ccc2c(c1)OCO2)C1CC1. The summed E-state index contributed by atoms with van der Waals surface area (Å²) in [6.45, 7) is 6.41. The maximum Gasteiger partial charge on any atom is 0.254 e. The van der Waals surface area contributed by atoms with Crippen LogP contribution in [0.2, 0.25) is 0 Å².